The average Bonchev–Trinajstić information content (AvgIpc) is 3.15. The monoisotopic (exact) mass is 390 g/mol. The highest BCUT2D eigenvalue weighted by molar-refractivity contribution is 6.36. The molecule has 1 aromatic heterocycles. The first-order valence-electron chi connectivity index (χ1n) is 8.80. The lowest BCUT2D eigenvalue weighted by Gasteiger charge is -2.10. The maximum Gasteiger partial charge on any atom is 0.259 e. The molecule has 1 aliphatic heterocycles. The largest absolute Gasteiger partial charge is 0.392 e. The molecule has 0 fully saturated rings. The number of carbonyl (C=O) groups is 2. The fraction of sp³-hybridized carbons (Fsp3) is 0.0909. The van der Waals surface area contributed by atoms with Gasteiger partial charge in [0.1, 0.15) is 0 Å². The first kappa shape index (κ1) is 17.0. The van der Waals surface area contributed by atoms with Crippen LogP contribution in [0.25, 0.3) is 32.9 Å². The molecule has 0 saturated carbocycles. The van der Waals surface area contributed by atoms with Gasteiger partial charge in [0.25, 0.3) is 11.8 Å². The van der Waals surface area contributed by atoms with Crippen molar-refractivity contribution in [2.24, 2.45) is 7.05 Å². The van der Waals surface area contributed by atoms with Gasteiger partial charge in [-0.05, 0) is 29.3 Å². The molecule has 0 spiro atoms. The zero-order valence-electron chi connectivity index (χ0n) is 14.9. The molecule has 5 nitrogen and oxygen atoms in total. The molecule has 28 heavy (non-hydrogen) atoms. The molecule has 2 heterocycles. The third-order valence-corrected chi connectivity index (χ3v) is 5.72. The Kier molecular flexibility index (Phi) is 3.59. The number of aliphatic hydroxyl groups excluding tert-OH is 1. The van der Waals surface area contributed by atoms with Crippen LogP contribution in [0.3, 0.4) is 0 Å². The third kappa shape index (κ3) is 2.17. The van der Waals surface area contributed by atoms with E-state index in [4.69, 9.17) is 11.6 Å². The second kappa shape index (κ2) is 5.92. The smallest absolute Gasteiger partial charge is 0.259 e. The molecule has 0 unspecified atom stereocenters. The van der Waals surface area contributed by atoms with E-state index in [2.05, 4.69) is 5.32 Å². The number of nitrogens with zero attached hydrogens (tertiary/aromatic N) is 1. The molecule has 4 aromatic rings. The zero-order chi connectivity index (χ0) is 19.6. The number of hydrogen-bond donors (Lipinski definition) is 2. The minimum absolute atomic E-state index is 0.0700. The van der Waals surface area contributed by atoms with Crippen LogP contribution >= 0.6 is 11.6 Å². The zero-order valence-corrected chi connectivity index (χ0v) is 15.7. The number of carbonyl (C=O) groups excluding carboxylic acids is 2. The van der Waals surface area contributed by atoms with Crippen LogP contribution in [0.2, 0.25) is 5.02 Å². The van der Waals surface area contributed by atoms with Crippen molar-refractivity contribution in [3.63, 3.8) is 0 Å². The van der Waals surface area contributed by atoms with Gasteiger partial charge in [-0.3, -0.25) is 14.9 Å². The molecule has 0 saturated heterocycles. The van der Waals surface area contributed by atoms with E-state index in [1.807, 2.05) is 54.1 Å². The number of amides is 2. The van der Waals surface area contributed by atoms with Crippen LogP contribution < -0.4 is 5.32 Å². The second-order valence-electron chi connectivity index (χ2n) is 6.90. The number of aromatic nitrogens is 1. The van der Waals surface area contributed by atoms with Gasteiger partial charge in [-0.2, -0.15) is 0 Å². The van der Waals surface area contributed by atoms with E-state index < -0.39 is 11.8 Å². The number of rotatable bonds is 2. The maximum atomic E-state index is 12.7. The van der Waals surface area contributed by atoms with Crippen LogP contribution in [0, 0.1) is 0 Å². The average molecular weight is 391 g/mol. The molecular formula is C22H15ClN2O3. The third-order valence-electron chi connectivity index (χ3n) is 5.39. The fourth-order valence-electron chi connectivity index (χ4n) is 4.08. The van der Waals surface area contributed by atoms with E-state index in [9.17, 15) is 14.7 Å². The SMILES string of the molecule is Cn1c2cc(CO)ccc2c2c3c(c(-c4ccccc4Cl)cc21)C(=O)NC3=O. The molecule has 0 aliphatic carbocycles. The van der Waals surface area contributed by atoms with E-state index in [1.165, 1.54) is 0 Å². The number of benzene rings is 3. The normalized spacial score (nSPS) is 13.4. The minimum atomic E-state index is -0.416. The van der Waals surface area contributed by atoms with Crippen molar-refractivity contribution >= 4 is 45.2 Å². The lowest BCUT2D eigenvalue weighted by Crippen LogP contribution is -2.20. The molecule has 3 aromatic carbocycles. The molecule has 2 N–H and O–H groups in total. The van der Waals surface area contributed by atoms with Crippen molar-refractivity contribution in [2.75, 3.05) is 0 Å². The highest BCUT2D eigenvalue weighted by Gasteiger charge is 2.34. The maximum absolute atomic E-state index is 12.7. The van der Waals surface area contributed by atoms with Gasteiger partial charge in [-0.1, -0.05) is 41.9 Å². The van der Waals surface area contributed by atoms with Crippen LogP contribution in [-0.2, 0) is 13.7 Å². The summed E-state index contributed by atoms with van der Waals surface area (Å²) < 4.78 is 1.97. The van der Waals surface area contributed by atoms with E-state index in [1.54, 1.807) is 6.07 Å². The Bertz CT molecular complexity index is 1340. The van der Waals surface area contributed by atoms with E-state index in [0.29, 0.717) is 27.3 Å². The number of fused-ring (bicyclic) bond motifs is 5. The summed E-state index contributed by atoms with van der Waals surface area (Å²) in [5.74, 6) is -0.821. The van der Waals surface area contributed by atoms with Gasteiger partial charge >= 0.3 is 0 Å². The minimum Gasteiger partial charge on any atom is -0.392 e. The number of halogens is 1. The summed E-state index contributed by atoms with van der Waals surface area (Å²) in [6.45, 7) is -0.0700. The van der Waals surface area contributed by atoms with Crippen molar-refractivity contribution < 1.29 is 14.7 Å². The van der Waals surface area contributed by atoms with Gasteiger partial charge in [-0.15, -0.1) is 0 Å². The number of hydrogen-bond acceptors (Lipinski definition) is 3. The molecule has 6 heteroatoms. The predicted molar refractivity (Wildman–Crippen MR) is 109 cm³/mol. The first-order chi connectivity index (χ1) is 13.5. The number of aliphatic hydroxyl groups is 1. The topological polar surface area (TPSA) is 71.3 Å². The Balaban J connectivity index is 2.00. The molecule has 0 atom stereocenters. The van der Waals surface area contributed by atoms with Crippen LogP contribution in [0.1, 0.15) is 26.3 Å². The summed E-state index contributed by atoms with van der Waals surface area (Å²) in [5.41, 5.74) is 4.54. The summed E-state index contributed by atoms with van der Waals surface area (Å²) in [7, 11) is 1.91. The van der Waals surface area contributed by atoms with Gasteiger partial charge in [0.15, 0.2) is 0 Å². The van der Waals surface area contributed by atoms with Gasteiger partial charge in [0, 0.05) is 33.9 Å². The predicted octanol–water partition coefficient (Wildman–Crippen LogP) is 4.03. The Labute approximate surface area is 165 Å². The second-order valence-corrected chi connectivity index (χ2v) is 7.31. The lowest BCUT2D eigenvalue weighted by molar-refractivity contribution is 0.0880. The molecule has 2 amide bonds. The van der Waals surface area contributed by atoms with Crippen molar-refractivity contribution in [1.29, 1.82) is 0 Å². The van der Waals surface area contributed by atoms with Crippen LogP contribution in [0.5, 0.6) is 0 Å². The Morgan fingerprint density at radius 3 is 2.46 bits per heavy atom. The highest BCUT2D eigenvalue weighted by atomic mass is 35.5. The molecular weight excluding hydrogens is 376 g/mol. The Morgan fingerprint density at radius 1 is 0.964 bits per heavy atom. The van der Waals surface area contributed by atoms with Crippen LogP contribution in [0.15, 0.2) is 48.5 Å². The van der Waals surface area contributed by atoms with Gasteiger partial charge in [-0.25, -0.2) is 0 Å². The highest BCUT2D eigenvalue weighted by Crippen LogP contribution is 2.41. The molecule has 138 valence electrons. The van der Waals surface area contributed by atoms with Gasteiger partial charge in [0.05, 0.1) is 23.3 Å². The Hall–Kier alpha value is -3.15. The number of imide groups is 1. The van der Waals surface area contributed by atoms with E-state index in [-0.39, 0.29) is 6.61 Å². The lowest BCUT2D eigenvalue weighted by atomic mass is 9.93. The van der Waals surface area contributed by atoms with Crippen LogP contribution in [0.4, 0.5) is 0 Å². The van der Waals surface area contributed by atoms with Crippen molar-refractivity contribution in [1.82, 2.24) is 9.88 Å². The summed E-state index contributed by atoms with van der Waals surface area (Å²) in [5, 5.41) is 14.0. The molecule has 0 bridgehead atoms. The van der Waals surface area contributed by atoms with Crippen molar-refractivity contribution in [2.45, 2.75) is 6.61 Å². The van der Waals surface area contributed by atoms with Gasteiger partial charge in [0.2, 0.25) is 0 Å². The molecule has 1 aliphatic rings. The first-order valence-corrected chi connectivity index (χ1v) is 9.18. The fourth-order valence-corrected chi connectivity index (χ4v) is 4.32. The van der Waals surface area contributed by atoms with Gasteiger partial charge < -0.3 is 9.67 Å². The number of aryl methyl sites for hydroxylation is 1. The summed E-state index contributed by atoms with van der Waals surface area (Å²) in [4.78, 5) is 25.4. The quantitative estimate of drug-likeness (QED) is 0.508. The van der Waals surface area contributed by atoms with E-state index >= 15 is 0 Å². The molecule has 0 radical (unpaired) electrons. The van der Waals surface area contributed by atoms with Crippen molar-refractivity contribution in [3.05, 3.63) is 70.2 Å². The number of nitrogens with one attached hydrogen (secondary N) is 1. The Morgan fingerprint density at radius 2 is 1.71 bits per heavy atom. The summed E-state index contributed by atoms with van der Waals surface area (Å²) in [6, 6.07) is 14.8. The molecule has 5 rings (SSSR count). The van der Waals surface area contributed by atoms with Crippen molar-refractivity contribution in [3.8, 4) is 11.1 Å². The summed E-state index contributed by atoms with van der Waals surface area (Å²) in [6.07, 6.45) is 0. The van der Waals surface area contributed by atoms with Crippen LogP contribution in [-0.4, -0.2) is 21.5 Å². The standard InChI is InChI=1S/C22H15ClN2O3/c1-25-16-8-11(10-26)6-7-13(16)18-17(25)9-14(12-4-2-3-5-15(12)23)19-20(18)22(28)24-21(19)27/h2-9,26H,10H2,1H3,(H,24,27,28). The summed E-state index contributed by atoms with van der Waals surface area (Å²) >= 11 is 6.40. The van der Waals surface area contributed by atoms with E-state index in [0.717, 1.165) is 27.4 Å².